The van der Waals surface area contributed by atoms with E-state index in [4.69, 9.17) is 0 Å². The maximum atomic E-state index is 12.7. The van der Waals surface area contributed by atoms with Crippen molar-refractivity contribution in [1.29, 1.82) is 0 Å². The third kappa shape index (κ3) is 3.47. The van der Waals surface area contributed by atoms with Crippen molar-refractivity contribution in [1.82, 2.24) is 24.8 Å². The quantitative estimate of drug-likeness (QED) is 0.590. The second-order valence-electron chi connectivity index (χ2n) is 5.95. The number of nitrogens with zero attached hydrogens (tertiary/aromatic N) is 4. The Balaban J connectivity index is 1.55. The number of para-hydroxylation sites is 1. The maximum Gasteiger partial charge on any atom is 0.264 e. The molecule has 0 aliphatic rings. The fourth-order valence-corrected chi connectivity index (χ4v) is 3.69. The molecule has 3 heterocycles. The number of hydrogen-bond acceptors (Lipinski definition) is 6. The molecule has 0 spiro atoms. The molecule has 0 fully saturated rings. The number of aromatic amines is 1. The fourth-order valence-electron chi connectivity index (χ4n) is 2.67. The van der Waals surface area contributed by atoms with E-state index in [0.717, 1.165) is 20.8 Å². The van der Waals surface area contributed by atoms with E-state index in [-0.39, 0.29) is 5.56 Å². The van der Waals surface area contributed by atoms with Crippen LogP contribution in [-0.4, -0.2) is 37.8 Å². The summed E-state index contributed by atoms with van der Waals surface area (Å²) in [7, 11) is 1.64. The number of thiazole rings is 1. The Morgan fingerprint density at radius 2 is 1.96 bits per heavy atom. The van der Waals surface area contributed by atoms with E-state index in [1.807, 2.05) is 24.3 Å². The lowest BCUT2D eigenvalue weighted by Gasteiger charge is -2.15. The molecule has 0 unspecified atom stereocenters. The number of rotatable bonds is 4. The van der Waals surface area contributed by atoms with Crippen LogP contribution in [0, 0.1) is 0 Å². The van der Waals surface area contributed by atoms with Crippen LogP contribution in [0.3, 0.4) is 0 Å². The predicted molar refractivity (Wildman–Crippen MR) is 104 cm³/mol. The van der Waals surface area contributed by atoms with Crippen molar-refractivity contribution in [2.45, 2.75) is 6.54 Å². The van der Waals surface area contributed by atoms with Gasteiger partial charge < -0.3 is 9.88 Å². The van der Waals surface area contributed by atoms with E-state index in [9.17, 15) is 9.59 Å². The molecule has 27 heavy (non-hydrogen) atoms. The highest BCUT2D eigenvalue weighted by Crippen LogP contribution is 2.22. The smallest absolute Gasteiger partial charge is 0.264 e. The van der Waals surface area contributed by atoms with Crippen LogP contribution in [0.2, 0.25) is 0 Å². The number of amides is 1. The van der Waals surface area contributed by atoms with Gasteiger partial charge in [0.25, 0.3) is 11.5 Å². The molecule has 0 bridgehead atoms. The normalized spacial score (nSPS) is 10.9. The number of H-pyrrole nitrogens is 1. The first kappa shape index (κ1) is 17.0. The zero-order chi connectivity index (χ0) is 18.8. The summed E-state index contributed by atoms with van der Waals surface area (Å²) >= 11 is 1.53. The molecule has 1 amide bonds. The molecule has 4 rings (SSSR count). The van der Waals surface area contributed by atoms with Gasteiger partial charge in [-0.1, -0.05) is 12.1 Å². The zero-order valence-electron chi connectivity index (χ0n) is 14.4. The Morgan fingerprint density at radius 1 is 1.19 bits per heavy atom. The first-order valence-electron chi connectivity index (χ1n) is 8.21. The first-order valence-corrected chi connectivity index (χ1v) is 9.03. The van der Waals surface area contributed by atoms with Crippen molar-refractivity contribution in [3.63, 3.8) is 0 Å². The summed E-state index contributed by atoms with van der Waals surface area (Å²) in [6.45, 7) is 0.323. The lowest BCUT2D eigenvalue weighted by molar-refractivity contribution is 0.0783. The number of pyridine rings is 1. The fraction of sp³-hybridized carbons (Fsp3) is 0.105. The maximum absolute atomic E-state index is 12.7. The van der Waals surface area contributed by atoms with Crippen LogP contribution in [0.5, 0.6) is 0 Å². The van der Waals surface area contributed by atoms with Crippen LogP contribution in [0.15, 0.2) is 59.8 Å². The van der Waals surface area contributed by atoms with Crippen LogP contribution in [0.25, 0.3) is 21.6 Å². The van der Waals surface area contributed by atoms with Crippen molar-refractivity contribution in [3.8, 4) is 11.4 Å². The summed E-state index contributed by atoms with van der Waals surface area (Å²) < 4.78 is 1.06. The average Bonchev–Trinajstić information content (AvgIpc) is 3.10. The van der Waals surface area contributed by atoms with Gasteiger partial charge in [-0.2, -0.15) is 0 Å². The number of fused-ring (bicyclic) bond motifs is 1. The van der Waals surface area contributed by atoms with E-state index in [1.54, 1.807) is 31.6 Å². The van der Waals surface area contributed by atoms with Gasteiger partial charge in [0.1, 0.15) is 16.4 Å². The molecule has 8 heteroatoms. The molecule has 1 aromatic carbocycles. The van der Waals surface area contributed by atoms with Gasteiger partial charge >= 0.3 is 0 Å². The number of nitrogens with one attached hydrogen (secondary N) is 1. The first-order chi connectivity index (χ1) is 13.1. The summed E-state index contributed by atoms with van der Waals surface area (Å²) in [4.78, 5) is 41.8. The Labute approximate surface area is 158 Å². The SMILES string of the molecule is CN(Cc1nc2ccccc2s1)C(=O)c1cnc(-c2ccncc2)[nH]c1=O. The largest absolute Gasteiger partial charge is 0.335 e. The van der Waals surface area contributed by atoms with Gasteiger partial charge in [0.2, 0.25) is 0 Å². The summed E-state index contributed by atoms with van der Waals surface area (Å²) in [6, 6.07) is 11.3. The van der Waals surface area contributed by atoms with Crippen LogP contribution >= 0.6 is 11.3 Å². The number of benzene rings is 1. The van der Waals surface area contributed by atoms with Crippen molar-refractivity contribution < 1.29 is 4.79 Å². The standard InChI is InChI=1S/C19H15N5O2S/c1-24(11-16-22-14-4-2-3-5-15(14)27-16)19(26)13-10-21-17(23-18(13)25)12-6-8-20-9-7-12/h2-10H,11H2,1H3,(H,21,23,25). The van der Waals surface area contributed by atoms with Crippen LogP contribution < -0.4 is 5.56 Å². The van der Waals surface area contributed by atoms with Gasteiger partial charge in [-0.3, -0.25) is 14.6 Å². The zero-order valence-corrected chi connectivity index (χ0v) is 15.2. The topological polar surface area (TPSA) is 91.8 Å². The molecule has 0 aliphatic heterocycles. The molecule has 1 N–H and O–H groups in total. The average molecular weight is 377 g/mol. The lowest BCUT2D eigenvalue weighted by atomic mass is 10.2. The van der Waals surface area contributed by atoms with Gasteiger partial charge in [0.05, 0.1) is 16.8 Å². The number of carbonyl (C=O) groups is 1. The molecule has 4 aromatic rings. The molecule has 134 valence electrons. The van der Waals surface area contributed by atoms with E-state index in [2.05, 4.69) is 19.9 Å². The molecule has 0 atom stereocenters. The number of carbonyl (C=O) groups excluding carboxylic acids is 1. The Morgan fingerprint density at radius 3 is 2.70 bits per heavy atom. The number of aromatic nitrogens is 4. The predicted octanol–water partition coefficient (Wildman–Crippen LogP) is 2.71. The Hall–Kier alpha value is -3.39. The highest BCUT2D eigenvalue weighted by molar-refractivity contribution is 7.18. The highest BCUT2D eigenvalue weighted by Gasteiger charge is 2.18. The van der Waals surface area contributed by atoms with E-state index in [0.29, 0.717) is 12.4 Å². The Bertz CT molecular complexity index is 1140. The Kier molecular flexibility index (Phi) is 4.47. The van der Waals surface area contributed by atoms with Gasteiger partial charge in [-0.05, 0) is 24.3 Å². The van der Waals surface area contributed by atoms with E-state index >= 15 is 0 Å². The van der Waals surface area contributed by atoms with Crippen LogP contribution in [-0.2, 0) is 6.54 Å². The van der Waals surface area contributed by atoms with E-state index in [1.165, 1.54) is 22.4 Å². The summed E-state index contributed by atoms with van der Waals surface area (Å²) in [5.74, 6) is -0.00272. The van der Waals surface area contributed by atoms with Gasteiger partial charge in [0, 0.05) is 31.2 Å². The van der Waals surface area contributed by atoms with Crippen molar-refractivity contribution in [2.75, 3.05) is 7.05 Å². The molecular formula is C19H15N5O2S. The third-order valence-electron chi connectivity index (χ3n) is 4.04. The molecule has 0 saturated carbocycles. The minimum atomic E-state index is -0.474. The summed E-state index contributed by atoms with van der Waals surface area (Å²) in [5.41, 5.74) is 1.15. The van der Waals surface area contributed by atoms with Crippen molar-refractivity contribution >= 4 is 27.5 Å². The molecule has 0 radical (unpaired) electrons. The van der Waals surface area contributed by atoms with Crippen LogP contribution in [0.1, 0.15) is 15.4 Å². The molecular weight excluding hydrogens is 362 g/mol. The third-order valence-corrected chi connectivity index (χ3v) is 5.06. The van der Waals surface area contributed by atoms with Crippen LogP contribution in [0.4, 0.5) is 0 Å². The van der Waals surface area contributed by atoms with Gasteiger partial charge in [-0.15, -0.1) is 11.3 Å². The molecule has 0 saturated heterocycles. The van der Waals surface area contributed by atoms with Gasteiger partial charge in [-0.25, -0.2) is 9.97 Å². The molecule has 7 nitrogen and oxygen atoms in total. The second-order valence-corrected chi connectivity index (χ2v) is 7.06. The monoisotopic (exact) mass is 377 g/mol. The van der Waals surface area contributed by atoms with Gasteiger partial charge in [0.15, 0.2) is 0 Å². The molecule has 3 aromatic heterocycles. The van der Waals surface area contributed by atoms with Crippen molar-refractivity contribution in [2.24, 2.45) is 0 Å². The minimum Gasteiger partial charge on any atom is -0.335 e. The second kappa shape index (κ2) is 7.08. The lowest BCUT2D eigenvalue weighted by Crippen LogP contribution is -2.31. The van der Waals surface area contributed by atoms with Crippen molar-refractivity contribution in [3.05, 3.63) is 75.9 Å². The van der Waals surface area contributed by atoms with E-state index < -0.39 is 11.5 Å². The minimum absolute atomic E-state index is 0.00332. The number of hydrogen-bond donors (Lipinski definition) is 1. The summed E-state index contributed by atoms with van der Waals surface area (Å²) in [5, 5.41) is 0.810. The molecule has 0 aliphatic carbocycles. The highest BCUT2D eigenvalue weighted by atomic mass is 32.1. The summed E-state index contributed by atoms with van der Waals surface area (Å²) in [6.07, 6.45) is 4.53.